The highest BCUT2D eigenvalue weighted by atomic mass is 35.5. The van der Waals surface area contributed by atoms with E-state index in [9.17, 15) is 4.91 Å². The zero-order chi connectivity index (χ0) is 31.4. The van der Waals surface area contributed by atoms with Crippen molar-refractivity contribution in [3.63, 3.8) is 0 Å². The van der Waals surface area contributed by atoms with Crippen molar-refractivity contribution < 1.29 is 0 Å². The first-order chi connectivity index (χ1) is 19.8. The summed E-state index contributed by atoms with van der Waals surface area (Å²) in [6.45, 7) is 8.60. The first kappa shape index (κ1) is 35.5. The van der Waals surface area contributed by atoms with Gasteiger partial charge in [-0.25, -0.2) is 19.9 Å². The number of nitrogens with one attached hydrogen (secondary N) is 2. The molecule has 2 heterocycles. The molecule has 42 heavy (non-hydrogen) atoms. The molecule has 4 aromatic rings. The van der Waals surface area contributed by atoms with E-state index in [0.717, 1.165) is 17.1 Å². The summed E-state index contributed by atoms with van der Waals surface area (Å²) in [7, 11) is 0. The molecule has 0 bridgehead atoms. The Labute approximate surface area is 274 Å². The van der Waals surface area contributed by atoms with Gasteiger partial charge in [-0.1, -0.05) is 97.3 Å². The quantitative estimate of drug-likeness (QED) is 0.0990. The predicted molar refractivity (Wildman–Crippen MR) is 177 cm³/mol. The molecule has 0 aliphatic carbocycles. The van der Waals surface area contributed by atoms with Gasteiger partial charge in [-0.2, -0.15) is 0 Å². The summed E-state index contributed by atoms with van der Waals surface area (Å²) in [5.41, 5.74) is 8.30. The van der Waals surface area contributed by atoms with Gasteiger partial charge in [-0.15, -0.1) is 4.91 Å². The summed E-state index contributed by atoms with van der Waals surface area (Å²) < 4.78 is 0. The fraction of sp³-hybridized carbons (Fsp3) is 0.259. The molecule has 0 saturated heterocycles. The van der Waals surface area contributed by atoms with Crippen molar-refractivity contribution in [1.82, 2.24) is 19.9 Å². The highest BCUT2D eigenvalue weighted by Crippen LogP contribution is 2.26. The van der Waals surface area contributed by atoms with E-state index in [2.05, 4.69) is 49.6 Å². The molecule has 0 aliphatic heterocycles. The Kier molecular flexibility index (Phi) is 14.8. The number of hydrogen-bond donors (Lipinski definition) is 3. The van der Waals surface area contributed by atoms with E-state index in [1.54, 1.807) is 24.3 Å². The lowest BCUT2D eigenvalue weighted by Gasteiger charge is -2.11. The molecular weight excluding hydrogens is 665 g/mol. The molecule has 0 atom stereocenters. The number of halogens is 6. The van der Waals surface area contributed by atoms with E-state index in [0.29, 0.717) is 48.9 Å². The third-order valence-corrected chi connectivity index (χ3v) is 6.96. The summed E-state index contributed by atoms with van der Waals surface area (Å²) in [5, 5.41) is 11.5. The van der Waals surface area contributed by atoms with Crippen LogP contribution in [0.4, 0.5) is 23.3 Å². The molecule has 9 nitrogen and oxygen atoms in total. The maximum Gasteiger partial charge on any atom is 0.225 e. The van der Waals surface area contributed by atoms with E-state index in [-0.39, 0.29) is 17.6 Å². The van der Waals surface area contributed by atoms with Crippen LogP contribution in [0.15, 0.2) is 53.7 Å². The van der Waals surface area contributed by atoms with Crippen molar-refractivity contribution in [2.45, 2.75) is 39.5 Å². The molecule has 4 rings (SSSR count). The number of nitrogens with zero attached hydrogens (tertiary/aromatic N) is 5. The van der Waals surface area contributed by atoms with Gasteiger partial charge >= 0.3 is 0 Å². The van der Waals surface area contributed by atoms with Gasteiger partial charge in [-0.05, 0) is 65.5 Å². The maximum atomic E-state index is 9.92. The topological polar surface area (TPSA) is 131 Å². The molecule has 0 radical (unpaired) electrons. The Morgan fingerprint density at radius 3 is 1.76 bits per heavy atom. The smallest absolute Gasteiger partial charge is 0.225 e. The molecule has 0 fully saturated rings. The van der Waals surface area contributed by atoms with Crippen LogP contribution in [0.5, 0.6) is 0 Å². The molecule has 2 aromatic heterocycles. The van der Waals surface area contributed by atoms with Crippen molar-refractivity contribution in [2.75, 3.05) is 23.0 Å². The number of benzene rings is 2. The molecule has 0 unspecified atom stereocenters. The Hall–Kier alpha value is -2.66. The number of anilines is 3. The minimum Gasteiger partial charge on any atom is -0.368 e. The van der Waals surface area contributed by atoms with Crippen molar-refractivity contribution in [3.05, 3.63) is 95.2 Å². The van der Waals surface area contributed by atoms with Crippen molar-refractivity contribution >= 4 is 92.9 Å². The van der Waals surface area contributed by atoms with Gasteiger partial charge in [-0.3, -0.25) is 0 Å². The summed E-state index contributed by atoms with van der Waals surface area (Å²) in [5.74, 6) is 1.34. The van der Waals surface area contributed by atoms with Gasteiger partial charge in [0, 0.05) is 11.4 Å². The SMILES string of the molecule is CC(C)c1cc(Cl)nc(N)n1.CC(C)c1cc(Cl)nc(NCNc2ccc(Cl)c(Cl)c2)n1.O=Nc1ccc(Cl)c(Cl)c1. The number of aromatic nitrogens is 4. The summed E-state index contributed by atoms with van der Waals surface area (Å²) in [6.07, 6.45) is 0. The van der Waals surface area contributed by atoms with E-state index >= 15 is 0 Å². The van der Waals surface area contributed by atoms with E-state index in [4.69, 9.17) is 75.3 Å². The van der Waals surface area contributed by atoms with Crippen LogP contribution in [-0.2, 0) is 0 Å². The number of rotatable bonds is 7. The Morgan fingerprint density at radius 1 is 0.690 bits per heavy atom. The number of hydrogen-bond acceptors (Lipinski definition) is 9. The highest BCUT2D eigenvalue weighted by molar-refractivity contribution is 6.42. The third-order valence-electron chi connectivity index (χ3n) is 5.10. The fourth-order valence-corrected chi connectivity index (χ4v) is 3.91. The first-order valence-corrected chi connectivity index (χ1v) is 14.6. The average molecular weight is 693 g/mol. The molecule has 2 aromatic carbocycles. The van der Waals surface area contributed by atoms with E-state index < -0.39 is 0 Å². The first-order valence-electron chi connectivity index (χ1n) is 12.3. The molecule has 224 valence electrons. The summed E-state index contributed by atoms with van der Waals surface area (Å²) >= 11 is 34.6. The normalized spacial score (nSPS) is 10.4. The van der Waals surface area contributed by atoms with Crippen LogP contribution in [0.25, 0.3) is 0 Å². The van der Waals surface area contributed by atoms with Crippen molar-refractivity contribution in [3.8, 4) is 0 Å². The second-order valence-electron chi connectivity index (χ2n) is 9.07. The molecular formula is C27H28Cl6N8O. The summed E-state index contributed by atoms with van der Waals surface area (Å²) in [6, 6.07) is 13.3. The number of nitroso groups, excluding NO2 is 1. The monoisotopic (exact) mass is 690 g/mol. The molecule has 0 spiro atoms. The molecule has 0 saturated carbocycles. The van der Waals surface area contributed by atoms with Crippen LogP contribution in [-0.4, -0.2) is 26.6 Å². The second-order valence-corrected chi connectivity index (χ2v) is 11.5. The van der Waals surface area contributed by atoms with Crippen LogP contribution < -0.4 is 16.4 Å². The molecule has 15 heteroatoms. The van der Waals surface area contributed by atoms with Crippen molar-refractivity contribution in [2.24, 2.45) is 5.18 Å². The van der Waals surface area contributed by atoms with Crippen LogP contribution in [0.2, 0.25) is 30.4 Å². The largest absolute Gasteiger partial charge is 0.368 e. The minimum absolute atomic E-state index is 0.237. The second kappa shape index (κ2) is 17.5. The van der Waals surface area contributed by atoms with Crippen LogP contribution >= 0.6 is 69.6 Å². The van der Waals surface area contributed by atoms with E-state index in [1.165, 1.54) is 18.2 Å². The van der Waals surface area contributed by atoms with Crippen molar-refractivity contribution in [1.29, 1.82) is 0 Å². The van der Waals surface area contributed by atoms with Gasteiger partial charge in [0.15, 0.2) is 0 Å². The van der Waals surface area contributed by atoms with Crippen LogP contribution in [0, 0.1) is 4.91 Å². The summed E-state index contributed by atoms with van der Waals surface area (Å²) in [4.78, 5) is 26.2. The molecule has 0 amide bonds. The van der Waals surface area contributed by atoms with Gasteiger partial charge in [0.25, 0.3) is 0 Å². The zero-order valence-electron chi connectivity index (χ0n) is 23.0. The third kappa shape index (κ3) is 12.3. The standard InChI is InChI=1S/C14H15Cl3N4.C7H10ClN3.C6H3Cl2NO/c1-8(2)12-6-13(17)21-14(20-12)19-7-18-9-3-4-10(15)11(16)5-9;1-4(2)5-3-6(8)11-7(9)10-5;7-5-2-1-4(9-10)3-6(5)8/h3-6,8,18H,7H2,1-2H3,(H,19,20,21);3-4H,1-2H3,(H2,9,10,11);1-3H. The molecule has 0 aliphatic rings. The Bertz CT molecular complexity index is 1470. The number of nitrogen functional groups attached to an aromatic ring is 1. The molecule has 4 N–H and O–H groups in total. The van der Waals surface area contributed by atoms with Gasteiger partial charge in [0.2, 0.25) is 11.9 Å². The maximum absolute atomic E-state index is 9.92. The van der Waals surface area contributed by atoms with Gasteiger partial charge in [0.1, 0.15) is 16.0 Å². The average Bonchev–Trinajstić information content (AvgIpc) is 2.92. The Morgan fingerprint density at radius 2 is 1.24 bits per heavy atom. The van der Waals surface area contributed by atoms with Crippen LogP contribution in [0.1, 0.15) is 50.9 Å². The Balaban J connectivity index is 0.000000246. The fourth-order valence-electron chi connectivity index (χ4n) is 2.93. The zero-order valence-corrected chi connectivity index (χ0v) is 27.5. The number of nitrogens with two attached hydrogens (primary N) is 1. The van der Waals surface area contributed by atoms with Gasteiger partial charge in [0.05, 0.1) is 32.5 Å². The highest BCUT2D eigenvalue weighted by Gasteiger charge is 2.07. The predicted octanol–water partition coefficient (Wildman–Crippen LogP) is 10.3. The lowest BCUT2D eigenvalue weighted by molar-refractivity contribution is 0.815. The van der Waals surface area contributed by atoms with E-state index in [1.807, 2.05) is 19.9 Å². The van der Waals surface area contributed by atoms with Crippen LogP contribution in [0.3, 0.4) is 0 Å². The van der Waals surface area contributed by atoms with Gasteiger partial charge < -0.3 is 16.4 Å². The lowest BCUT2D eigenvalue weighted by Crippen LogP contribution is -2.14. The minimum atomic E-state index is 0.237. The lowest BCUT2D eigenvalue weighted by atomic mass is 10.1.